The minimum absolute atomic E-state index is 0.0582. The summed E-state index contributed by atoms with van der Waals surface area (Å²) < 4.78 is 12.2. The fraction of sp³-hybridized carbons (Fsp3) is 0.757. The standard InChI is InChI=1S/C37H56O5/c1-8-10-11-12-13-14-15-16-17-18-31(38)42-37-23-27(5)36-22-25(3)19-29(36)20-28(24-41-34(40)26(4)9-2)21-30(33(36)39)32(37)35(37,6)7/h9,21-22,27,29-30,32H,8,10-20,23-24H2,1-7H3/b26-9+/t27-,29?,30?,32-,36?,37+/m1/s1. The molecule has 234 valence electrons. The summed E-state index contributed by atoms with van der Waals surface area (Å²) in [5.41, 5.74) is 1.37. The molecule has 4 rings (SSSR count). The summed E-state index contributed by atoms with van der Waals surface area (Å²) >= 11 is 0. The van der Waals surface area contributed by atoms with Gasteiger partial charge in [0, 0.05) is 29.2 Å². The van der Waals surface area contributed by atoms with Crippen LogP contribution in [0.5, 0.6) is 0 Å². The number of Topliss-reactive ketones (excluding diaryl/α,β-unsaturated/α-hetero) is 1. The van der Waals surface area contributed by atoms with Gasteiger partial charge in [0.05, 0.1) is 5.41 Å². The van der Waals surface area contributed by atoms with Crippen LogP contribution in [0.1, 0.15) is 132 Å². The smallest absolute Gasteiger partial charge is 0.333 e. The van der Waals surface area contributed by atoms with Gasteiger partial charge in [0.1, 0.15) is 12.2 Å². The number of carbonyl (C=O) groups is 3. The van der Waals surface area contributed by atoms with E-state index in [2.05, 4.69) is 46.8 Å². The summed E-state index contributed by atoms with van der Waals surface area (Å²) in [4.78, 5) is 40.4. The largest absolute Gasteiger partial charge is 0.458 e. The summed E-state index contributed by atoms with van der Waals surface area (Å²) in [7, 11) is 0. The van der Waals surface area contributed by atoms with Crippen molar-refractivity contribution in [3.05, 3.63) is 34.9 Å². The molecule has 0 heterocycles. The highest BCUT2D eigenvalue weighted by molar-refractivity contribution is 5.94. The van der Waals surface area contributed by atoms with Crippen LogP contribution in [0, 0.1) is 34.5 Å². The van der Waals surface area contributed by atoms with Gasteiger partial charge in [-0.3, -0.25) is 9.59 Å². The highest BCUT2D eigenvalue weighted by atomic mass is 16.6. The summed E-state index contributed by atoms with van der Waals surface area (Å²) in [6.07, 6.45) is 19.8. The normalized spacial score (nSPS) is 33.0. The topological polar surface area (TPSA) is 69.7 Å². The monoisotopic (exact) mass is 580 g/mol. The first-order valence-electron chi connectivity index (χ1n) is 16.9. The Morgan fingerprint density at radius 3 is 2.31 bits per heavy atom. The van der Waals surface area contributed by atoms with Crippen molar-refractivity contribution >= 4 is 17.7 Å². The average molecular weight is 581 g/mol. The first-order valence-corrected chi connectivity index (χ1v) is 16.9. The van der Waals surface area contributed by atoms with Gasteiger partial charge in [-0.05, 0) is 63.9 Å². The number of unbranched alkanes of at least 4 members (excludes halogenated alkanes) is 8. The second kappa shape index (κ2) is 13.2. The third kappa shape index (κ3) is 6.09. The predicted molar refractivity (Wildman–Crippen MR) is 168 cm³/mol. The molecule has 0 aromatic rings. The number of rotatable bonds is 14. The van der Waals surface area contributed by atoms with Crippen LogP contribution in [0.2, 0.25) is 0 Å². The third-order valence-corrected chi connectivity index (χ3v) is 11.4. The minimum Gasteiger partial charge on any atom is -0.458 e. The Kier molecular flexibility index (Phi) is 10.3. The van der Waals surface area contributed by atoms with Gasteiger partial charge in [-0.25, -0.2) is 4.79 Å². The number of fused-ring (bicyclic) bond motifs is 3. The predicted octanol–water partition coefficient (Wildman–Crippen LogP) is 8.86. The Hall–Kier alpha value is -2.17. The zero-order valence-electron chi connectivity index (χ0n) is 27.5. The fourth-order valence-electron chi connectivity index (χ4n) is 8.87. The maximum atomic E-state index is 14.6. The molecule has 2 bridgehead atoms. The Morgan fingerprint density at radius 2 is 1.67 bits per heavy atom. The van der Waals surface area contributed by atoms with Crippen LogP contribution >= 0.6 is 0 Å². The number of hydrogen-bond donors (Lipinski definition) is 0. The summed E-state index contributed by atoms with van der Waals surface area (Å²) in [5, 5.41) is 0. The molecule has 1 spiro atoms. The quantitative estimate of drug-likeness (QED) is 0.0888. The molecular formula is C37H56O5. The van der Waals surface area contributed by atoms with Crippen molar-refractivity contribution in [1.82, 2.24) is 0 Å². The van der Waals surface area contributed by atoms with Crippen LogP contribution in [-0.4, -0.2) is 29.9 Å². The van der Waals surface area contributed by atoms with E-state index in [-0.39, 0.29) is 53.4 Å². The molecule has 3 unspecified atom stereocenters. The molecule has 2 saturated carbocycles. The van der Waals surface area contributed by atoms with Crippen molar-refractivity contribution in [1.29, 1.82) is 0 Å². The van der Waals surface area contributed by atoms with Crippen molar-refractivity contribution in [3.63, 3.8) is 0 Å². The molecule has 6 atom stereocenters. The lowest BCUT2D eigenvalue weighted by atomic mass is 9.62. The molecule has 5 nitrogen and oxygen atoms in total. The Balaban J connectivity index is 1.49. The summed E-state index contributed by atoms with van der Waals surface area (Å²) in [5.74, 6) is -0.373. The van der Waals surface area contributed by atoms with Crippen molar-refractivity contribution in [2.75, 3.05) is 6.61 Å². The Morgan fingerprint density at radius 1 is 1.02 bits per heavy atom. The molecule has 0 N–H and O–H groups in total. The first kappa shape index (κ1) is 32.7. The number of hydrogen-bond acceptors (Lipinski definition) is 5. The minimum atomic E-state index is -0.640. The SMILES string of the molecule is C/C=C(\C)C(=O)OCC1=CC2C(=O)C3(C=C(C)CC3C1)[C@H](C)C[C@]1(OC(=O)CCCCCCCCCCC)[C@H]2C1(C)C. The van der Waals surface area contributed by atoms with E-state index in [1.54, 1.807) is 13.0 Å². The lowest BCUT2D eigenvalue weighted by Gasteiger charge is -2.40. The molecule has 4 aliphatic carbocycles. The fourth-order valence-corrected chi connectivity index (χ4v) is 8.87. The molecular weight excluding hydrogens is 524 g/mol. The molecule has 5 heteroatoms. The second-order valence-electron chi connectivity index (χ2n) is 14.5. The van der Waals surface area contributed by atoms with E-state index in [1.165, 1.54) is 50.5 Å². The van der Waals surface area contributed by atoms with Gasteiger partial charge in [0.15, 0.2) is 5.78 Å². The van der Waals surface area contributed by atoms with Crippen molar-refractivity contribution in [2.24, 2.45) is 34.5 Å². The molecule has 2 fully saturated rings. The zero-order valence-corrected chi connectivity index (χ0v) is 27.5. The first-order chi connectivity index (χ1) is 19.9. The number of ketones is 1. The molecule has 0 radical (unpaired) electrons. The van der Waals surface area contributed by atoms with E-state index in [1.807, 2.05) is 6.92 Å². The van der Waals surface area contributed by atoms with Crippen LogP contribution in [0.15, 0.2) is 34.9 Å². The van der Waals surface area contributed by atoms with E-state index < -0.39 is 11.0 Å². The van der Waals surface area contributed by atoms with E-state index in [4.69, 9.17) is 9.47 Å². The number of allylic oxidation sites excluding steroid dienone is 4. The Labute approximate surface area is 254 Å². The van der Waals surface area contributed by atoms with E-state index in [9.17, 15) is 14.4 Å². The second-order valence-corrected chi connectivity index (χ2v) is 14.5. The molecule has 42 heavy (non-hydrogen) atoms. The molecule has 0 aromatic carbocycles. The number of carbonyl (C=O) groups excluding carboxylic acids is 3. The van der Waals surface area contributed by atoms with Gasteiger partial charge in [-0.15, -0.1) is 0 Å². The molecule has 4 aliphatic rings. The molecule has 0 amide bonds. The van der Waals surface area contributed by atoms with Gasteiger partial charge in [-0.2, -0.15) is 0 Å². The molecule has 0 aliphatic heterocycles. The average Bonchev–Trinajstić information content (AvgIpc) is 3.26. The van der Waals surface area contributed by atoms with Gasteiger partial charge in [0.2, 0.25) is 0 Å². The van der Waals surface area contributed by atoms with Crippen molar-refractivity contribution in [2.45, 2.75) is 138 Å². The Bertz CT molecular complexity index is 1120. The van der Waals surface area contributed by atoms with Crippen LogP contribution in [-0.2, 0) is 23.9 Å². The van der Waals surface area contributed by atoms with Crippen molar-refractivity contribution in [3.8, 4) is 0 Å². The maximum absolute atomic E-state index is 14.6. The zero-order chi connectivity index (χ0) is 30.7. The highest BCUT2D eigenvalue weighted by Crippen LogP contribution is 2.74. The lowest BCUT2D eigenvalue weighted by molar-refractivity contribution is -0.156. The van der Waals surface area contributed by atoms with E-state index in [0.717, 1.165) is 37.7 Å². The maximum Gasteiger partial charge on any atom is 0.333 e. The molecule has 0 aromatic heterocycles. The van der Waals surface area contributed by atoms with Crippen LogP contribution < -0.4 is 0 Å². The van der Waals surface area contributed by atoms with Gasteiger partial charge in [-0.1, -0.05) is 103 Å². The van der Waals surface area contributed by atoms with Crippen molar-refractivity contribution < 1.29 is 23.9 Å². The summed E-state index contributed by atoms with van der Waals surface area (Å²) in [6.45, 7) is 14.7. The summed E-state index contributed by atoms with van der Waals surface area (Å²) in [6, 6.07) is 0. The lowest BCUT2D eigenvalue weighted by Crippen LogP contribution is -2.43. The number of ether oxygens (including phenoxy) is 2. The highest BCUT2D eigenvalue weighted by Gasteiger charge is 2.80. The van der Waals surface area contributed by atoms with Gasteiger partial charge < -0.3 is 9.47 Å². The third-order valence-electron chi connectivity index (χ3n) is 11.4. The van der Waals surface area contributed by atoms with E-state index in [0.29, 0.717) is 12.0 Å². The van der Waals surface area contributed by atoms with E-state index >= 15 is 0 Å². The van der Waals surface area contributed by atoms with Gasteiger partial charge in [0.25, 0.3) is 0 Å². The van der Waals surface area contributed by atoms with Crippen LogP contribution in [0.4, 0.5) is 0 Å². The molecule has 0 saturated heterocycles. The van der Waals surface area contributed by atoms with Crippen LogP contribution in [0.25, 0.3) is 0 Å². The van der Waals surface area contributed by atoms with Gasteiger partial charge >= 0.3 is 11.9 Å². The van der Waals surface area contributed by atoms with Crippen LogP contribution in [0.3, 0.4) is 0 Å². The number of esters is 2.